The first-order chi connectivity index (χ1) is 12.7. The maximum Gasteiger partial charge on any atom is 0.219 e. The van der Waals surface area contributed by atoms with Gasteiger partial charge in [0.1, 0.15) is 11.5 Å². The Morgan fingerprint density at radius 1 is 1.00 bits per heavy atom. The van der Waals surface area contributed by atoms with E-state index >= 15 is 0 Å². The number of hydrogen-bond donors (Lipinski definition) is 0. The molecule has 0 saturated carbocycles. The van der Waals surface area contributed by atoms with Crippen molar-refractivity contribution in [3.05, 3.63) is 60.2 Å². The molecular weight excluding hydrogens is 324 g/mol. The molecule has 136 valence electrons. The lowest BCUT2D eigenvalue weighted by molar-refractivity contribution is -0.129. The summed E-state index contributed by atoms with van der Waals surface area (Å²) >= 11 is 0. The van der Waals surface area contributed by atoms with Crippen molar-refractivity contribution in [2.45, 2.75) is 32.4 Å². The maximum absolute atomic E-state index is 11.8. The third-order valence-electron chi connectivity index (χ3n) is 5.54. The number of carbonyl (C=O) groups excluding carboxylic acids is 1. The number of carbonyl (C=O) groups is 1. The van der Waals surface area contributed by atoms with Gasteiger partial charge in [-0.2, -0.15) is 0 Å². The second-order valence-corrected chi connectivity index (χ2v) is 7.51. The summed E-state index contributed by atoms with van der Waals surface area (Å²) < 4.78 is 5.97. The van der Waals surface area contributed by atoms with E-state index in [4.69, 9.17) is 4.74 Å². The van der Waals surface area contributed by atoms with Crippen molar-refractivity contribution in [1.82, 2.24) is 9.80 Å². The molecule has 3 saturated heterocycles. The molecule has 0 radical (unpaired) electrons. The van der Waals surface area contributed by atoms with Gasteiger partial charge in [-0.25, -0.2) is 0 Å². The first-order valence-electron chi connectivity index (χ1n) is 9.49. The zero-order valence-electron chi connectivity index (χ0n) is 15.3. The average Bonchev–Trinajstić information content (AvgIpc) is 2.95. The molecule has 0 N–H and O–H groups in total. The van der Waals surface area contributed by atoms with Crippen LogP contribution in [0.5, 0.6) is 11.5 Å². The fourth-order valence-corrected chi connectivity index (χ4v) is 4.20. The Balaban J connectivity index is 1.46. The summed E-state index contributed by atoms with van der Waals surface area (Å²) in [4.78, 5) is 16.4. The van der Waals surface area contributed by atoms with Crippen LogP contribution in [0.1, 0.15) is 25.3 Å². The Morgan fingerprint density at radius 2 is 1.81 bits per heavy atom. The molecule has 0 aromatic heterocycles. The van der Waals surface area contributed by atoms with E-state index in [1.54, 1.807) is 6.92 Å². The second kappa shape index (κ2) is 7.50. The SMILES string of the molecule is CC(=O)N1C[C@H]2CC[C@@H](C1)N(Cc1cccc(Oc3ccccc3)c1)C2. The molecule has 2 bridgehead atoms. The van der Waals surface area contributed by atoms with Crippen LogP contribution in [0.25, 0.3) is 0 Å². The van der Waals surface area contributed by atoms with E-state index in [-0.39, 0.29) is 5.91 Å². The summed E-state index contributed by atoms with van der Waals surface area (Å²) in [5.74, 6) is 2.54. The Bertz CT molecular complexity index is 762. The van der Waals surface area contributed by atoms with Crippen molar-refractivity contribution in [3.63, 3.8) is 0 Å². The highest BCUT2D eigenvalue weighted by Gasteiger charge is 2.35. The number of ether oxygens (including phenoxy) is 1. The Morgan fingerprint density at radius 3 is 2.62 bits per heavy atom. The molecular formula is C22H26N2O2. The fourth-order valence-electron chi connectivity index (χ4n) is 4.20. The average molecular weight is 350 g/mol. The predicted octanol–water partition coefficient (Wildman–Crippen LogP) is 3.92. The zero-order chi connectivity index (χ0) is 17.9. The van der Waals surface area contributed by atoms with Crippen molar-refractivity contribution in [1.29, 1.82) is 0 Å². The molecule has 4 heteroatoms. The van der Waals surface area contributed by atoms with Crippen molar-refractivity contribution < 1.29 is 9.53 Å². The van der Waals surface area contributed by atoms with Crippen molar-refractivity contribution >= 4 is 5.91 Å². The molecule has 5 rings (SSSR count). The number of fused-ring (bicyclic) bond motifs is 4. The molecule has 4 nitrogen and oxygen atoms in total. The van der Waals surface area contributed by atoms with E-state index in [1.165, 1.54) is 18.4 Å². The van der Waals surface area contributed by atoms with Gasteiger partial charge in [0.2, 0.25) is 5.91 Å². The molecule has 3 aliphatic rings. The first kappa shape index (κ1) is 17.1. The van der Waals surface area contributed by atoms with Gasteiger partial charge in [0.25, 0.3) is 0 Å². The van der Waals surface area contributed by atoms with E-state index < -0.39 is 0 Å². The van der Waals surface area contributed by atoms with Crippen molar-refractivity contribution in [3.8, 4) is 11.5 Å². The van der Waals surface area contributed by atoms with Crippen LogP contribution in [0.15, 0.2) is 54.6 Å². The van der Waals surface area contributed by atoms with Crippen molar-refractivity contribution in [2.24, 2.45) is 5.92 Å². The topological polar surface area (TPSA) is 32.8 Å². The number of rotatable bonds is 4. The highest BCUT2D eigenvalue weighted by Crippen LogP contribution is 2.30. The summed E-state index contributed by atoms with van der Waals surface area (Å²) in [6.45, 7) is 5.47. The van der Waals surface area contributed by atoms with Gasteiger partial charge in [0.15, 0.2) is 0 Å². The molecule has 2 atom stereocenters. The molecule has 0 aliphatic carbocycles. The predicted molar refractivity (Wildman–Crippen MR) is 102 cm³/mol. The molecule has 3 fully saturated rings. The number of piperidine rings is 1. The van der Waals surface area contributed by atoms with Crippen molar-refractivity contribution in [2.75, 3.05) is 19.6 Å². The largest absolute Gasteiger partial charge is 0.457 e. The molecule has 0 spiro atoms. The summed E-state index contributed by atoms with van der Waals surface area (Å²) in [6, 6.07) is 18.7. The first-order valence-corrected chi connectivity index (χ1v) is 9.49. The summed E-state index contributed by atoms with van der Waals surface area (Å²) in [7, 11) is 0. The third-order valence-corrected chi connectivity index (χ3v) is 5.54. The minimum absolute atomic E-state index is 0.210. The molecule has 1 amide bonds. The Kier molecular flexibility index (Phi) is 4.93. The number of hydrogen-bond acceptors (Lipinski definition) is 3. The van der Waals surface area contributed by atoms with Gasteiger partial charge in [-0.05, 0) is 48.6 Å². The van der Waals surface area contributed by atoms with Gasteiger partial charge < -0.3 is 9.64 Å². The standard InChI is InChI=1S/C22H26N2O2/c1-17(25)23-14-19-10-11-20(16-23)24(15-19)13-18-6-5-9-22(12-18)26-21-7-3-2-4-8-21/h2-9,12,19-20H,10-11,13-16H2,1H3/t19-,20+/m1/s1. The zero-order valence-corrected chi connectivity index (χ0v) is 15.3. The monoisotopic (exact) mass is 350 g/mol. The van der Waals surface area contributed by atoms with E-state index in [2.05, 4.69) is 23.1 Å². The number of amides is 1. The minimum atomic E-state index is 0.210. The van der Waals surface area contributed by atoms with Gasteiger partial charge in [0.05, 0.1) is 0 Å². The van der Waals surface area contributed by atoms with Crippen LogP contribution < -0.4 is 4.74 Å². The van der Waals surface area contributed by atoms with E-state index in [0.717, 1.165) is 37.7 Å². The Hall–Kier alpha value is -2.33. The number of benzene rings is 2. The summed E-state index contributed by atoms with van der Waals surface area (Å²) in [5.41, 5.74) is 1.26. The van der Waals surface area contributed by atoms with Gasteiger partial charge in [0, 0.05) is 39.1 Å². The highest BCUT2D eigenvalue weighted by molar-refractivity contribution is 5.73. The second-order valence-electron chi connectivity index (χ2n) is 7.51. The van der Waals surface area contributed by atoms with Gasteiger partial charge >= 0.3 is 0 Å². The molecule has 3 heterocycles. The smallest absolute Gasteiger partial charge is 0.219 e. The quantitative estimate of drug-likeness (QED) is 0.838. The highest BCUT2D eigenvalue weighted by atomic mass is 16.5. The number of nitrogens with zero attached hydrogens (tertiary/aromatic N) is 2. The van der Waals surface area contributed by atoms with E-state index in [1.807, 2.05) is 41.3 Å². The van der Waals surface area contributed by atoms with Crippen LogP contribution in [0.2, 0.25) is 0 Å². The van der Waals surface area contributed by atoms with Crippen LogP contribution in [0, 0.1) is 5.92 Å². The summed E-state index contributed by atoms with van der Waals surface area (Å²) in [5, 5.41) is 0. The molecule has 3 aliphatic heterocycles. The summed E-state index contributed by atoms with van der Waals surface area (Å²) in [6.07, 6.45) is 2.43. The molecule has 26 heavy (non-hydrogen) atoms. The van der Waals surface area contributed by atoms with Gasteiger partial charge in [-0.3, -0.25) is 9.69 Å². The van der Waals surface area contributed by atoms with Gasteiger partial charge in [-0.15, -0.1) is 0 Å². The number of para-hydroxylation sites is 1. The van der Waals surface area contributed by atoms with E-state index in [9.17, 15) is 4.79 Å². The minimum Gasteiger partial charge on any atom is -0.457 e. The molecule has 0 unspecified atom stereocenters. The molecule has 2 aromatic carbocycles. The molecule has 2 aromatic rings. The lowest BCUT2D eigenvalue weighted by atomic mass is 9.94. The van der Waals surface area contributed by atoms with Crippen LogP contribution >= 0.6 is 0 Å². The maximum atomic E-state index is 11.8. The van der Waals surface area contributed by atoms with E-state index in [0.29, 0.717) is 12.0 Å². The lowest BCUT2D eigenvalue weighted by Crippen LogP contribution is -2.43. The fraction of sp³-hybridized carbons (Fsp3) is 0.409. The lowest BCUT2D eigenvalue weighted by Gasteiger charge is -2.36. The Labute approximate surface area is 155 Å². The van der Waals surface area contributed by atoms with Crippen LogP contribution in [-0.2, 0) is 11.3 Å². The van der Waals surface area contributed by atoms with Crippen LogP contribution in [0.4, 0.5) is 0 Å². The van der Waals surface area contributed by atoms with Gasteiger partial charge in [-0.1, -0.05) is 30.3 Å². The third kappa shape index (κ3) is 3.91. The van der Waals surface area contributed by atoms with Crippen LogP contribution in [0.3, 0.4) is 0 Å². The van der Waals surface area contributed by atoms with Crippen LogP contribution in [-0.4, -0.2) is 41.4 Å². The normalized spacial score (nSPS) is 22.9.